The molecule has 1 aliphatic carbocycles. The van der Waals surface area contributed by atoms with Crippen LogP contribution in [0, 0.1) is 35.5 Å². The predicted molar refractivity (Wildman–Crippen MR) is 152 cm³/mol. The number of ether oxygens (including phenoxy) is 1. The number of allylic oxidation sites excluding steroid dienone is 2. The molecular formula is C32H44O4Si. The van der Waals surface area contributed by atoms with E-state index in [1.165, 1.54) is 0 Å². The molecular weight excluding hydrogens is 476 g/mol. The summed E-state index contributed by atoms with van der Waals surface area (Å²) in [6, 6.07) is 9.60. The van der Waals surface area contributed by atoms with Crippen molar-refractivity contribution in [2.24, 2.45) is 23.7 Å². The average Bonchev–Trinajstić information content (AvgIpc) is 3.18. The van der Waals surface area contributed by atoms with Gasteiger partial charge in [-0.1, -0.05) is 82.0 Å². The van der Waals surface area contributed by atoms with Crippen molar-refractivity contribution in [2.45, 2.75) is 81.6 Å². The van der Waals surface area contributed by atoms with Crippen LogP contribution in [-0.4, -0.2) is 48.0 Å². The van der Waals surface area contributed by atoms with Crippen LogP contribution in [0.2, 0.25) is 18.1 Å². The van der Waals surface area contributed by atoms with Gasteiger partial charge >= 0.3 is 0 Å². The van der Waals surface area contributed by atoms with Gasteiger partial charge < -0.3 is 19.4 Å². The van der Waals surface area contributed by atoms with Gasteiger partial charge in [0.15, 0.2) is 13.9 Å². The summed E-state index contributed by atoms with van der Waals surface area (Å²) in [6.45, 7) is 21.5. The lowest BCUT2D eigenvalue weighted by molar-refractivity contribution is -0.307. The highest BCUT2D eigenvalue weighted by molar-refractivity contribution is 6.74. The van der Waals surface area contributed by atoms with E-state index in [2.05, 4.69) is 71.0 Å². The Hall–Kier alpha value is -1.94. The van der Waals surface area contributed by atoms with E-state index >= 15 is 0 Å². The Balaban J connectivity index is 1.90. The second-order valence-corrected chi connectivity index (χ2v) is 17.6. The van der Waals surface area contributed by atoms with E-state index in [-0.39, 0.29) is 29.4 Å². The highest BCUT2D eigenvalue weighted by atomic mass is 28.4. The lowest BCUT2D eigenvalue weighted by Crippen LogP contribution is -2.73. The second-order valence-electron chi connectivity index (χ2n) is 12.8. The number of aliphatic hydroxyl groups is 2. The molecule has 8 atom stereocenters. The normalized spacial score (nSPS) is 37.7. The minimum Gasteiger partial charge on any atom is -0.414 e. The maximum absolute atomic E-state index is 12.6. The zero-order valence-corrected chi connectivity index (χ0v) is 24.3. The minimum atomic E-state index is -2.17. The summed E-state index contributed by atoms with van der Waals surface area (Å²) in [5.74, 6) is 5.63. The fraction of sp³-hybridized carbons (Fsp3) is 0.562. The third kappa shape index (κ3) is 4.41. The molecule has 2 N–H and O–H groups in total. The first-order chi connectivity index (χ1) is 17.3. The van der Waals surface area contributed by atoms with Gasteiger partial charge in [-0.15, -0.1) is 13.2 Å². The lowest BCUT2D eigenvalue weighted by atomic mass is 9.57. The molecule has 1 spiro atoms. The average molecular weight is 521 g/mol. The molecule has 200 valence electrons. The Morgan fingerprint density at radius 1 is 1.24 bits per heavy atom. The van der Waals surface area contributed by atoms with E-state index in [0.717, 1.165) is 12.0 Å². The first-order valence-corrected chi connectivity index (χ1v) is 16.4. The van der Waals surface area contributed by atoms with Crippen LogP contribution in [-0.2, 0) is 9.16 Å². The van der Waals surface area contributed by atoms with Gasteiger partial charge in [0.1, 0.15) is 11.7 Å². The van der Waals surface area contributed by atoms with E-state index < -0.39 is 37.1 Å². The summed E-state index contributed by atoms with van der Waals surface area (Å²) < 4.78 is 13.8. The third-order valence-electron chi connectivity index (χ3n) is 9.58. The molecule has 1 aromatic carbocycles. The molecule has 0 amide bonds. The molecule has 1 aromatic rings. The molecule has 4 nitrogen and oxygen atoms in total. The van der Waals surface area contributed by atoms with Gasteiger partial charge in [0, 0.05) is 23.3 Å². The van der Waals surface area contributed by atoms with Gasteiger partial charge in [0.25, 0.3) is 0 Å². The molecule has 3 aliphatic rings. The van der Waals surface area contributed by atoms with Crippen LogP contribution < -0.4 is 0 Å². The number of rotatable bonds is 6. The number of hydrogen-bond donors (Lipinski definition) is 2. The summed E-state index contributed by atoms with van der Waals surface area (Å²) in [5, 5.41) is 24.7. The molecule has 2 fully saturated rings. The number of benzene rings is 1. The van der Waals surface area contributed by atoms with Gasteiger partial charge in [-0.3, -0.25) is 0 Å². The van der Waals surface area contributed by atoms with Gasteiger partial charge in [-0.05, 0) is 49.0 Å². The van der Waals surface area contributed by atoms with Crippen LogP contribution in [0.3, 0.4) is 0 Å². The zero-order chi connectivity index (χ0) is 27.3. The molecule has 2 heterocycles. The molecule has 2 aliphatic heterocycles. The van der Waals surface area contributed by atoms with Gasteiger partial charge in [0.2, 0.25) is 0 Å². The van der Waals surface area contributed by atoms with Crippen molar-refractivity contribution in [3.05, 3.63) is 73.4 Å². The van der Waals surface area contributed by atoms with Crippen molar-refractivity contribution in [2.75, 3.05) is 6.61 Å². The van der Waals surface area contributed by atoms with Crippen LogP contribution in [0.1, 0.15) is 46.1 Å². The quantitative estimate of drug-likeness (QED) is 0.279. The highest BCUT2D eigenvalue weighted by Gasteiger charge is 2.76. The molecule has 2 saturated heterocycles. The molecule has 0 aromatic heterocycles. The monoisotopic (exact) mass is 520 g/mol. The molecule has 0 saturated carbocycles. The maximum atomic E-state index is 12.6. The topological polar surface area (TPSA) is 58.9 Å². The van der Waals surface area contributed by atoms with Crippen molar-refractivity contribution in [1.29, 1.82) is 0 Å². The number of hydrogen-bond acceptors (Lipinski definition) is 4. The fourth-order valence-corrected chi connectivity index (χ4v) is 7.54. The lowest BCUT2D eigenvalue weighted by Gasteiger charge is -2.59. The standard InChI is InChI=1S/C32H44O4Si/c1-9-23(3)27-31(34,20-19-24-15-12-11-13-16-24)28(33)30(22-35-37(7,8)29(4,5)6)21-26-18-14-17-25(10-2)32(26,27)36-30/h9-16,18,23,25-28,33-34H,1-2,17,21-22H2,3-8H3/t23-,25+,26+,27+,28+,30+,31-,32+/m0/s1. The second kappa shape index (κ2) is 9.66. The van der Waals surface area contributed by atoms with E-state index in [1.54, 1.807) is 0 Å². The SMILES string of the molecule is C=C[C@@H]1CC=C[C@@H]2C[C@]3(CO[Si](C)(C)C(C)(C)C)O[C@]12[C@H]([C@@H](C)C=C)[C@@](O)(C#Cc1ccccc1)[C@@H]3O. The smallest absolute Gasteiger partial charge is 0.192 e. The molecule has 37 heavy (non-hydrogen) atoms. The van der Waals surface area contributed by atoms with Gasteiger partial charge in [-0.25, -0.2) is 0 Å². The number of aliphatic hydroxyl groups excluding tert-OH is 1. The van der Waals surface area contributed by atoms with Crippen molar-refractivity contribution in [3.8, 4) is 11.8 Å². The largest absolute Gasteiger partial charge is 0.414 e. The summed E-state index contributed by atoms with van der Waals surface area (Å²) in [6.07, 6.45) is 8.25. The maximum Gasteiger partial charge on any atom is 0.192 e. The molecule has 0 unspecified atom stereocenters. The van der Waals surface area contributed by atoms with E-state index in [0.29, 0.717) is 6.42 Å². The van der Waals surface area contributed by atoms with Crippen molar-refractivity contribution < 1.29 is 19.4 Å². The summed E-state index contributed by atoms with van der Waals surface area (Å²) in [5.41, 5.74) is -2.82. The molecule has 0 radical (unpaired) electrons. The van der Waals surface area contributed by atoms with E-state index in [9.17, 15) is 10.2 Å². The van der Waals surface area contributed by atoms with Crippen LogP contribution >= 0.6 is 0 Å². The highest BCUT2D eigenvalue weighted by Crippen LogP contribution is 2.64. The van der Waals surface area contributed by atoms with Crippen LogP contribution in [0.25, 0.3) is 0 Å². The summed E-state index contributed by atoms with van der Waals surface area (Å²) in [4.78, 5) is 0. The molecule has 4 rings (SSSR count). The van der Waals surface area contributed by atoms with Gasteiger partial charge in [-0.2, -0.15) is 0 Å². The zero-order valence-electron chi connectivity index (χ0n) is 23.3. The third-order valence-corrected chi connectivity index (χ3v) is 14.1. The summed E-state index contributed by atoms with van der Waals surface area (Å²) >= 11 is 0. The van der Waals surface area contributed by atoms with Crippen LogP contribution in [0.15, 0.2) is 67.8 Å². The number of fused-ring (bicyclic) bond motifs is 1. The Morgan fingerprint density at radius 2 is 1.92 bits per heavy atom. The molecule has 5 heteroatoms. The Morgan fingerprint density at radius 3 is 2.51 bits per heavy atom. The Bertz CT molecular complexity index is 1110. The van der Waals surface area contributed by atoms with E-state index in [1.807, 2.05) is 49.4 Å². The van der Waals surface area contributed by atoms with Crippen molar-refractivity contribution in [3.63, 3.8) is 0 Å². The van der Waals surface area contributed by atoms with Gasteiger partial charge in [0.05, 0.1) is 12.2 Å². The first kappa shape index (κ1) is 28.1. The first-order valence-electron chi connectivity index (χ1n) is 13.5. The van der Waals surface area contributed by atoms with Crippen LogP contribution in [0.5, 0.6) is 0 Å². The fourth-order valence-electron chi connectivity index (χ4n) is 6.51. The van der Waals surface area contributed by atoms with Crippen molar-refractivity contribution in [1.82, 2.24) is 0 Å². The summed E-state index contributed by atoms with van der Waals surface area (Å²) in [7, 11) is -2.17. The van der Waals surface area contributed by atoms with Crippen LogP contribution in [0.4, 0.5) is 0 Å². The Labute approximate surface area is 224 Å². The Kier molecular flexibility index (Phi) is 7.33. The van der Waals surface area contributed by atoms with E-state index in [4.69, 9.17) is 9.16 Å². The van der Waals surface area contributed by atoms with Crippen molar-refractivity contribution >= 4 is 8.32 Å². The molecule has 2 bridgehead atoms. The predicted octanol–water partition coefficient (Wildman–Crippen LogP) is 5.88. The minimum absolute atomic E-state index is 0.000821.